The fraction of sp³-hybridized carbons (Fsp3) is 0.533. The zero-order chi connectivity index (χ0) is 15.2. The Morgan fingerprint density at radius 3 is 2.71 bits per heavy atom. The van der Waals surface area contributed by atoms with Gasteiger partial charge in [-0.3, -0.25) is 15.1 Å². The molecule has 0 bridgehead atoms. The van der Waals surface area contributed by atoms with Crippen LogP contribution in [0.3, 0.4) is 0 Å². The minimum atomic E-state index is -0.0978. The molecule has 21 heavy (non-hydrogen) atoms. The number of carbonyl (C=O) groups excluding carboxylic acids is 1. The minimum Gasteiger partial charge on any atom is -0.369 e. The number of nitrogens with zero attached hydrogens (tertiary/aromatic N) is 2. The van der Waals surface area contributed by atoms with E-state index in [1.165, 1.54) is 5.69 Å². The number of piperazine rings is 1. The number of rotatable bonds is 5. The van der Waals surface area contributed by atoms with Crippen LogP contribution in [0.5, 0.6) is 0 Å². The molecule has 0 saturated carbocycles. The number of anilines is 1. The molecule has 1 unspecified atom stereocenters. The predicted octanol–water partition coefficient (Wildman–Crippen LogP) is 1.62. The molecule has 0 spiro atoms. The van der Waals surface area contributed by atoms with Crippen LogP contribution in [-0.4, -0.2) is 43.0 Å². The van der Waals surface area contributed by atoms with Gasteiger partial charge in [-0.2, -0.15) is 0 Å². The van der Waals surface area contributed by atoms with Gasteiger partial charge in [0.1, 0.15) is 0 Å². The smallest absolute Gasteiger partial charge is 0.233 e. The van der Waals surface area contributed by atoms with Crippen LogP contribution in [0.25, 0.3) is 0 Å². The number of hydrogen-bond acceptors (Lipinski definition) is 4. The van der Waals surface area contributed by atoms with E-state index in [2.05, 4.69) is 28.2 Å². The van der Waals surface area contributed by atoms with E-state index < -0.39 is 0 Å². The first kappa shape index (κ1) is 16.1. The van der Waals surface area contributed by atoms with Crippen molar-refractivity contribution in [1.29, 1.82) is 0 Å². The van der Waals surface area contributed by atoms with Crippen LogP contribution in [0.4, 0.5) is 5.69 Å². The lowest BCUT2D eigenvalue weighted by atomic mass is 10.1. The van der Waals surface area contributed by atoms with Crippen molar-refractivity contribution >= 4 is 23.2 Å². The van der Waals surface area contributed by atoms with E-state index in [1.54, 1.807) is 0 Å². The molecule has 5 nitrogen and oxygen atoms in total. The van der Waals surface area contributed by atoms with Gasteiger partial charge in [0.15, 0.2) is 0 Å². The first-order chi connectivity index (χ1) is 10.1. The van der Waals surface area contributed by atoms with Crippen molar-refractivity contribution in [2.24, 2.45) is 5.84 Å². The molecule has 1 saturated heterocycles. The van der Waals surface area contributed by atoms with Crippen molar-refractivity contribution in [3.05, 3.63) is 29.3 Å². The third-order valence-electron chi connectivity index (χ3n) is 4.06. The van der Waals surface area contributed by atoms with Crippen LogP contribution in [0.2, 0.25) is 5.02 Å². The van der Waals surface area contributed by atoms with Gasteiger partial charge in [0.05, 0.1) is 0 Å². The lowest BCUT2D eigenvalue weighted by molar-refractivity contribution is -0.121. The summed E-state index contributed by atoms with van der Waals surface area (Å²) in [6, 6.07) is 8.37. The van der Waals surface area contributed by atoms with Crippen molar-refractivity contribution < 1.29 is 4.79 Å². The molecule has 0 aromatic heterocycles. The third-order valence-corrected chi connectivity index (χ3v) is 4.30. The summed E-state index contributed by atoms with van der Waals surface area (Å²) >= 11 is 6.04. The zero-order valence-corrected chi connectivity index (χ0v) is 13.1. The third kappa shape index (κ3) is 4.59. The number of carbonyl (C=O) groups is 1. The second-order valence-electron chi connectivity index (χ2n) is 5.46. The molecule has 2 rings (SSSR count). The average Bonchev–Trinajstić information content (AvgIpc) is 2.52. The van der Waals surface area contributed by atoms with Crippen LogP contribution in [-0.2, 0) is 4.79 Å². The van der Waals surface area contributed by atoms with Gasteiger partial charge < -0.3 is 4.90 Å². The second-order valence-corrected chi connectivity index (χ2v) is 5.89. The fourth-order valence-electron chi connectivity index (χ4n) is 2.69. The van der Waals surface area contributed by atoms with E-state index in [0.717, 1.165) is 37.6 Å². The topological polar surface area (TPSA) is 61.6 Å². The summed E-state index contributed by atoms with van der Waals surface area (Å²) in [6.07, 6.45) is 1.31. The highest BCUT2D eigenvalue weighted by Gasteiger charge is 2.21. The number of nitrogens with one attached hydrogen (secondary N) is 1. The Hall–Kier alpha value is -1.30. The number of amides is 1. The fourth-order valence-corrected chi connectivity index (χ4v) is 2.87. The molecule has 1 aliphatic heterocycles. The molecular weight excluding hydrogens is 288 g/mol. The molecular formula is C15H23ClN4O. The summed E-state index contributed by atoms with van der Waals surface area (Å²) < 4.78 is 0. The van der Waals surface area contributed by atoms with Crippen molar-refractivity contribution in [3.63, 3.8) is 0 Å². The van der Waals surface area contributed by atoms with Crippen LogP contribution in [0, 0.1) is 0 Å². The molecule has 1 heterocycles. The Balaban J connectivity index is 1.81. The molecule has 1 atom stereocenters. The average molecular weight is 311 g/mol. The predicted molar refractivity (Wildman–Crippen MR) is 86.3 cm³/mol. The molecule has 1 amide bonds. The highest BCUT2D eigenvalue weighted by atomic mass is 35.5. The summed E-state index contributed by atoms with van der Waals surface area (Å²) in [6.45, 7) is 6.12. The molecule has 1 fully saturated rings. The van der Waals surface area contributed by atoms with Gasteiger partial charge in [0.25, 0.3) is 0 Å². The number of benzene rings is 1. The molecule has 0 radical (unpaired) electrons. The number of hydrogen-bond donors (Lipinski definition) is 2. The Labute approximate surface area is 131 Å². The monoisotopic (exact) mass is 310 g/mol. The Bertz CT molecular complexity index is 474. The number of halogens is 1. The highest BCUT2D eigenvalue weighted by molar-refractivity contribution is 6.30. The lowest BCUT2D eigenvalue weighted by Crippen LogP contribution is -2.49. The molecule has 0 aliphatic carbocycles. The summed E-state index contributed by atoms with van der Waals surface area (Å²) in [4.78, 5) is 16.0. The van der Waals surface area contributed by atoms with Gasteiger partial charge in [-0.1, -0.05) is 17.7 Å². The number of hydrazine groups is 1. The summed E-state index contributed by atoms with van der Waals surface area (Å²) in [5, 5.41) is 0.774. The quantitative estimate of drug-likeness (QED) is 0.493. The van der Waals surface area contributed by atoms with E-state index in [4.69, 9.17) is 17.4 Å². The van der Waals surface area contributed by atoms with Crippen LogP contribution >= 0.6 is 11.6 Å². The molecule has 1 aromatic carbocycles. The van der Waals surface area contributed by atoms with E-state index in [-0.39, 0.29) is 5.91 Å². The van der Waals surface area contributed by atoms with Gasteiger partial charge in [-0.15, -0.1) is 0 Å². The standard InChI is InChI=1S/C15H23ClN4O/c1-12(5-6-15(21)18-17)19-7-9-20(10-8-19)14-4-2-3-13(16)11-14/h2-4,11-12H,5-10,17H2,1H3,(H,18,21). The Kier molecular flexibility index (Phi) is 5.85. The van der Waals surface area contributed by atoms with Crippen molar-refractivity contribution in [2.75, 3.05) is 31.1 Å². The molecule has 1 aromatic rings. The van der Waals surface area contributed by atoms with Gasteiger partial charge >= 0.3 is 0 Å². The summed E-state index contributed by atoms with van der Waals surface area (Å²) in [7, 11) is 0. The molecule has 6 heteroatoms. The van der Waals surface area contributed by atoms with Crippen molar-refractivity contribution in [3.8, 4) is 0 Å². The number of nitrogens with two attached hydrogens (primary N) is 1. The molecule has 3 N–H and O–H groups in total. The van der Waals surface area contributed by atoms with Crippen LogP contribution in [0.1, 0.15) is 19.8 Å². The lowest BCUT2D eigenvalue weighted by Gasteiger charge is -2.39. The summed E-state index contributed by atoms with van der Waals surface area (Å²) in [5.74, 6) is 5.00. The van der Waals surface area contributed by atoms with Gasteiger partial charge in [-0.25, -0.2) is 5.84 Å². The zero-order valence-electron chi connectivity index (χ0n) is 12.4. The van der Waals surface area contributed by atoms with E-state index in [9.17, 15) is 4.79 Å². The summed E-state index contributed by atoms with van der Waals surface area (Å²) in [5.41, 5.74) is 3.36. The van der Waals surface area contributed by atoms with Crippen LogP contribution < -0.4 is 16.2 Å². The van der Waals surface area contributed by atoms with Crippen molar-refractivity contribution in [2.45, 2.75) is 25.8 Å². The maximum Gasteiger partial charge on any atom is 0.233 e. The van der Waals surface area contributed by atoms with Gasteiger partial charge in [-0.05, 0) is 31.5 Å². The Morgan fingerprint density at radius 1 is 1.38 bits per heavy atom. The van der Waals surface area contributed by atoms with E-state index in [0.29, 0.717) is 12.5 Å². The molecule has 1 aliphatic rings. The second kappa shape index (κ2) is 7.64. The van der Waals surface area contributed by atoms with E-state index >= 15 is 0 Å². The SMILES string of the molecule is CC(CCC(=O)NN)N1CCN(c2cccc(Cl)c2)CC1. The normalized spacial score (nSPS) is 17.6. The first-order valence-corrected chi connectivity index (χ1v) is 7.72. The highest BCUT2D eigenvalue weighted by Crippen LogP contribution is 2.21. The van der Waals surface area contributed by atoms with Gasteiger partial charge in [0, 0.05) is 49.4 Å². The minimum absolute atomic E-state index is 0.0978. The Morgan fingerprint density at radius 2 is 2.10 bits per heavy atom. The van der Waals surface area contributed by atoms with Crippen molar-refractivity contribution in [1.82, 2.24) is 10.3 Å². The first-order valence-electron chi connectivity index (χ1n) is 7.34. The van der Waals surface area contributed by atoms with Crippen LogP contribution in [0.15, 0.2) is 24.3 Å². The van der Waals surface area contributed by atoms with Gasteiger partial charge in [0.2, 0.25) is 5.91 Å². The maximum atomic E-state index is 11.2. The maximum absolute atomic E-state index is 11.2. The largest absolute Gasteiger partial charge is 0.369 e. The molecule has 116 valence electrons. The van der Waals surface area contributed by atoms with E-state index in [1.807, 2.05) is 18.2 Å².